The molecule has 0 amide bonds. The summed E-state index contributed by atoms with van der Waals surface area (Å²) in [5.74, 6) is 1.32. The molecule has 0 aliphatic carbocycles. The molecule has 0 aromatic heterocycles. The summed E-state index contributed by atoms with van der Waals surface area (Å²) in [4.78, 5) is 13.3. The van der Waals surface area contributed by atoms with Crippen molar-refractivity contribution in [3.05, 3.63) is 59.2 Å². The maximum absolute atomic E-state index is 10.9. The van der Waals surface area contributed by atoms with Crippen LogP contribution >= 0.6 is 0 Å². The Morgan fingerprint density at radius 3 is 2.71 bits per heavy atom. The minimum Gasteiger partial charge on any atom is -0.490 e. The number of carbonyl (C=O) groups is 1. The molecule has 0 unspecified atom stereocenters. The number of carbonyl (C=O) groups excluding carboxylic acids is 1. The van der Waals surface area contributed by atoms with E-state index in [9.17, 15) is 4.79 Å². The highest BCUT2D eigenvalue weighted by Crippen LogP contribution is 2.28. The van der Waals surface area contributed by atoms with E-state index in [2.05, 4.69) is 29.2 Å². The lowest BCUT2D eigenvalue weighted by Gasteiger charge is -2.28. The normalized spacial score (nSPS) is 14.0. The Labute approximate surface area is 143 Å². The van der Waals surface area contributed by atoms with Gasteiger partial charge in [0.1, 0.15) is 12.9 Å². The molecular formula is C20H23NO3. The van der Waals surface area contributed by atoms with Gasteiger partial charge in [0.05, 0.1) is 6.61 Å². The predicted molar refractivity (Wildman–Crippen MR) is 93.9 cm³/mol. The van der Waals surface area contributed by atoms with Crippen LogP contribution in [0.25, 0.3) is 0 Å². The first-order chi connectivity index (χ1) is 11.8. The minimum absolute atomic E-state index is 0.543. The quantitative estimate of drug-likeness (QED) is 0.732. The van der Waals surface area contributed by atoms with Crippen LogP contribution in [-0.2, 0) is 13.0 Å². The van der Waals surface area contributed by atoms with Crippen LogP contribution in [0.2, 0.25) is 0 Å². The third-order valence-corrected chi connectivity index (χ3v) is 4.28. The van der Waals surface area contributed by atoms with Crippen molar-refractivity contribution in [3.63, 3.8) is 0 Å². The van der Waals surface area contributed by atoms with Gasteiger partial charge in [-0.3, -0.25) is 9.69 Å². The molecule has 2 aromatic carbocycles. The van der Waals surface area contributed by atoms with Crippen molar-refractivity contribution in [1.82, 2.24) is 4.90 Å². The Hall–Kier alpha value is -2.33. The zero-order valence-electron chi connectivity index (χ0n) is 14.0. The second-order valence-electron chi connectivity index (χ2n) is 5.90. The number of hydrogen-bond acceptors (Lipinski definition) is 4. The lowest BCUT2D eigenvalue weighted by atomic mass is 10.0. The summed E-state index contributed by atoms with van der Waals surface area (Å²) in [6.45, 7) is 5.97. The smallest absolute Gasteiger partial charge is 0.161 e. The molecule has 2 aromatic rings. The number of rotatable bonds is 7. The third kappa shape index (κ3) is 3.95. The van der Waals surface area contributed by atoms with E-state index in [4.69, 9.17) is 9.47 Å². The van der Waals surface area contributed by atoms with Gasteiger partial charge in [-0.05, 0) is 42.7 Å². The minimum atomic E-state index is 0.543. The van der Waals surface area contributed by atoms with Gasteiger partial charge in [-0.2, -0.15) is 0 Å². The number of benzene rings is 2. The molecule has 0 saturated heterocycles. The largest absolute Gasteiger partial charge is 0.490 e. The van der Waals surface area contributed by atoms with Crippen LogP contribution in [0.5, 0.6) is 11.5 Å². The summed E-state index contributed by atoms with van der Waals surface area (Å²) < 4.78 is 11.5. The van der Waals surface area contributed by atoms with Gasteiger partial charge in [0.15, 0.2) is 11.5 Å². The highest BCUT2D eigenvalue weighted by molar-refractivity contribution is 5.76. The number of fused-ring (bicyclic) bond motifs is 1. The van der Waals surface area contributed by atoms with Crippen molar-refractivity contribution >= 4 is 6.29 Å². The monoisotopic (exact) mass is 325 g/mol. The summed E-state index contributed by atoms with van der Waals surface area (Å²) in [5, 5.41) is 0. The second kappa shape index (κ2) is 7.97. The van der Waals surface area contributed by atoms with Crippen molar-refractivity contribution < 1.29 is 14.3 Å². The number of nitrogens with zero attached hydrogens (tertiary/aromatic N) is 1. The maximum Gasteiger partial charge on any atom is 0.161 e. The zero-order chi connectivity index (χ0) is 16.8. The Balaban J connectivity index is 1.56. The fourth-order valence-electron chi connectivity index (χ4n) is 3.02. The molecule has 1 aliphatic heterocycles. The fourth-order valence-corrected chi connectivity index (χ4v) is 3.02. The standard InChI is InChI=1S/C20H23NO3/c1-2-23-20-13-16(15-22)7-8-19(20)24-12-11-21-10-9-17-5-3-4-6-18(17)14-21/h3-8,13,15H,2,9-12,14H2,1H3. The highest BCUT2D eigenvalue weighted by atomic mass is 16.5. The van der Waals surface area contributed by atoms with Crippen molar-refractivity contribution in [2.24, 2.45) is 0 Å². The lowest BCUT2D eigenvalue weighted by Crippen LogP contribution is -2.33. The molecule has 1 aliphatic rings. The van der Waals surface area contributed by atoms with E-state index in [1.807, 2.05) is 6.92 Å². The van der Waals surface area contributed by atoms with E-state index in [0.717, 1.165) is 32.3 Å². The molecule has 4 heteroatoms. The Bertz CT molecular complexity index is 699. The third-order valence-electron chi connectivity index (χ3n) is 4.28. The van der Waals surface area contributed by atoms with Crippen LogP contribution in [0, 0.1) is 0 Å². The molecule has 0 spiro atoms. The van der Waals surface area contributed by atoms with E-state index < -0.39 is 0 Å². The SMILES string of the molecule is CCOc1cc(C=O)ccc1OCCN1CCc2ccccc2C1. The van der Waals surface area contributed by atoms with Gasteiger partial charge in [0.25, 0.3) is 0 Å². The van der Waals surface area contributed by atoms with Crippen molar-refractivity contribution in [3.8, 4) is 11.5 Å². The van der Waals surface area contributed by atoms with E-state index >= 15 is 0 Å². The van der Waals surface area contributed by atoms with Crippen molar-refractivity contribution in [1.29, 1.82) is 0 Å². The first kappa shape index (κ1) is 16.5. The topological polar surface area (TPSA) is 38.8 Å². The molecule has 0 fully saturated rings. The maximum atomic E-state index is 10.9. The molecule has 0 atom stereocenters. The molecule has 1 heterocycles. The Morgan fingerprint density at radius 1 is 1.08 bits per heavy atom. The molecule has 0 radical (unpaired) electrons. The average Bonchev–Trinajstić information content (AvgIpc) is 2.63. The van der Waals surface area contributed by atoms with Crippen LogP contribution in [0.15, 0.2) is 42.5 Å². The Morgan fingerprint density at radius 2 is 1.92 bits per heavy atom. The summed E-state index contributed by atoms with van der Waals surface area (Å²) in [7, 11) is 0. The average molecular weight is 325 g/mol. The van der Waals surface area contributed by atoms with Gasteiger partial charge >= 0.3 is 0 Å². The van der Waals surface area contributed by atoms with Gasteiger partial charge < -0.3 is 9.47 Å². The molecular weight excluding hydrogens is 302 g/mol. The molecule has 3 rings (SSSR count). The van der Waals surface area contributed by atoms with Crippen LogP contribution in [0.4, 0.5) is 0 Å². The van der Waals surface area contributed by atoms with E-state index in [0.29, 0.717) is 30.3 Å². The molecule has 4 nitrogen and oxygen atoms in total. The number of hydrogen-bond donors (Lipinski definition) is 0. The number of aldehydes is 1. The van der Waals surface area contributed by atoms with Crippen LogP contribution < -0.4 is 9.47 Å². The zero-order valence-corrected chi connectivity index (χ0v) is 14.0. The van der Waals surface area contributed by atoms with Crippen LogP contribution in [0.1, 0.15) is 28.4 Å². The summed E-state index contributed by atoms with van der Waals surface area (Å²) in [5.41, 5.74) is 3.46. The molecule has 0 saturated carbocycles. The second-order valence-corrected chi connectivity index (χ2v) is 5.90. The summed E-state index contributed by atoms with van der Waals surface area (Å²) >= 11 is 0. The lowest BCUT2D eigenvalue weighted by molar-refractivity contribution is 0.112. The first-order valence-electron chi connectivity index (χ1n) is 8.44. The summed E-state index contributed by atoms with van der Waals surface area (Å²) in [6, 6.07) is 13.9. The van der Waals surface area contributed by atoms with Crippen molar-refractivity contribution in [2.45, 2.75) is 19.9 Å². The highest BCUT2D eigenvalue weighted by Gasteiger charge is 2.15. The summed E-state index contributed by atoms with van der Waals surface area (Å²) in [6.07, 6.45) is 1.91. The molecule has 0 N–H and O–H groups in total. The van der Waals surface area contributed by atoms with Gasteiger partial charge in [0, 0.05) is 25.2 Å². The molecule has 126 valence electrons. The Kier molecular flexibility index (Phi) is 5.49. The fraction of sp³-hybridized carbons (Fsp3) is 0.350. The van der Waals surface area contributed by atoms with E-state index in [1.165, 1.54) is 11.1 Å². The van der Waals surface area contributed by atoms with Gasteiger partial charge in [-0.1, -0.05) is 24.3 Å². The van der Waals surface area contributed by atoms with Gasteiger partial charge in [-0.25, -0.2) is 0 Å². The molecule has 0 bridgehead atoms. The van der Waals surface area contributed by atoms with Gasteiger partial charge in [-0.15, -0.1) is 0 Å². The van der Waals surface area contributed by atoms with Crippen LogP contribution in [-0.4, -0.2) is 37.5 Å². The van der Waals surface area contributed by atoms with Crippen molar-refractivity contribution in [2.75, 3.05) is 26.3 Å². The van der Waals surface area contributed by atoms with E-state index in [-0.39, 0.29) is 0 Å². The first-order valence-corrected chi connectivity index (χ1v) is 8.44. The van der Waals surface area contributed by atoms with E-state index in [1.54, 1.807) is 18.2 Å². The molecule has 24 heavy (non-hydrogen) atoms. The van der Waals surface area contributed by atoms with Gasteiger partial charge in [0.2, 0.25) is 0 Å². The number of ether oxygens (including phenoxy) is 2. The predicted octanol–water partition coefficient (Wildman–Crippen LogP) is 3.33. The van der Waals surface area contributed by atoms with Crippen LogP contribution in [0.3, 0.4) is 0 Å².